The van der Waals surface area contributed by atoms with Gasteiger partial charge >= 0.3 is 0 Å². The molecule has 0 aliphatic carbocycles. The maximum Gasteiger partial charge on any atom is 0.130 e. The number of aromatic nitrogens is 2. The highest BCUT2D eigenvalue weighted by molar-refractivity contribution is 6.30. The first-order valence-corrected chi connectivity index (χ1v) is 5.51. The van der Waals surface area contributed by atoms with Crippen molar-refractivity contribution in [2.75, 3.05) is 13.1 Å². The molecule has 1 unspecified atom stereocenters. The molecule has 1 atom stereocenters. The lowest BCUT2D eigenvalue weighted by molar-refractivity contribution is 0.0617. The molecule has 2 heterocycles. The van der Waals surface area contributed by atoms with Gasteiger partial charge in [-0.05, 0) is 19.9 Å². The Hall–Kier alpha value is -0.580. The fraction of sp³-hybridized carbons (Fsp3) is 0.700. The van der Waals surface area contributed by atoms with Crippen molar-refractivity contribution in [1.29, 1.82) is 0 Å². The number of halogens is 1. The predicted molar refractivity (Wildman–Crippen MR) is 59.1 cm³/mol. The lowest BCUT2D eigenvalue weighted by Gasteiger charge is -2.20. The molecule has 1 fully saturated rings. The van der Waals surface area contributed by atoms with E-state index in [1.54, 1.807) is 4.68 Å². The third kappa shape index (κ3) is 2.02. The largest absolute Gasteiger partial charge is 0.388 e. The Labute approximate surface area is 94.2 Å². The van der Waals surface area contributed by atoms with Crippen LogP contribution in [-0.2, 0) is 13.5 Å². The summed E-state index contributed by atoms with van der Waals surface area (Å²) >= 11 is 6.12. The van der Waals surface area contributed by atoms with Gasteiger partial charge in [0.15, 0.2) is 0 Å². The van der Waals surface area contributed by atoms with E-state index in [1.807, 2.05) is 14.0 Å². The standard InChI is InChI=1S/C10H16ClN3O/c1-7-8(9(11)14(2)13-7)5-10(15)3-4-12-6-10/h12,15H,3-6H2,1-2H3. The number of aryl methyl sites for hydroxylation is 2. The fourth-order valence-corrected chi connectivity index (χ4v) is 2.33. The molecule has 2 rings (SSSR count). The molecule has 0 spiro atoms. The van der Waals surface area contributed by atoms with E-state index in [0.717, 1.165) is 24.2 Å². The van der Waals surface area contributed by atoms with Crippen LogP contribution in [0.2, 0.25) is 5.15 Å². The monoisotopic (exact) mass is 229 g/mol. The minimum Gasteiger partial charge on any atom is -0.388 e. The van der Waals surface area contributed by atoms with Crippen LogP contribution >= 0.6 is 11.6 Å². The Kier molecular flexibility index (Phi) is 2.75. The predicted octanol–water partition coefficient (Wildman–Crippen LogP) is 0.649. The van der Waals surface area contributed by atoms with Crippen molar-refractivity contribution in [1.82, 2.24) is 15.1 Å². The van der Waals surface area contributed by atoms with Gasteiger partial charge in [-0.15, -0.1) is 0 Å². The van der Waals surface area contributed by atoms with Crippen LogP contribution in [0.5, 0.6) is 0 Å². The minimum absolute atomic E-state index is 0.582. The van der Waals surface area contributed by atoms with Gasteiger partial charge in [0, 0.05) is 25.6 Å². The van der Waals surface area contributed by atoms with Crippen LogP contribution in [0.1, 0.15) is 17.7 Å². The summed E-state index contributed by atoms with van der Waals surface area (Å²) in [4.78, 5) is 0. The molecule has 1 aromatic heterocycles. The third-order valence-electron chi connectivity index (χ3n) is 3.00. The van der Waals surface area contributed by atoms with Crippen molar-refractivity contribution in [2.45, 2.75) is 25.4 Å². The fourth-order valence-electron chi connectivity index (χ4n) is 2.09. The van der Waals surface area contributed by atoms with Crippen molar-refractivity contribution in [3.05, 3.63) is 16.4 Å². The second-order valence-corrected chi connectivity index (χ2v) is 4.66. The lowest BCUT2D eigenvalue weighted by Crippen LogP contribution is -2.34. The van der Waals surface area contributed by atoms with Gasteiger partial charge in [0.2, 0.25) is 0 Å². The van der Waals surface area contributed by atoms with E-state index in [0.29, 0.717) is 18.1 Å². The van der Waals surface area contributed by atoms with Crippen LogP contribution in [0.4, 0.5) is 0 Å². The van der Waals surface area contributed by atoms with Gasteiger partial charge in [-0.3, -0.25) is 4.68 Å². The highest BCUT2D eigenvalue weighted by Gasteiger charge is 2.33. The molecule has 0 radical (unpaired) electrons. The van der Waals surface area contributed by atoms with E-state index in [9.17, 15) is 5.11 Å². The van der Waals surface area contributed by atoms with Crippen LogP contribution in [0.15, 0.2) is 0 Å². The molecule has 1 aromatic rings. The number of nitrogens with zero attached hydrogens (tertiary/aromatic N) is 2. The molecular weight excluding hydrogens is 214 g/mol. The highest BCUT2D eigenvalue weighted by Crippen LogP contribution is 2.26. The van der Waals surface area contributed by atoms with E-state index in [2.05, 4.69) is 10.4 Å². The summed E-state index contributed by atoms with van der Waals surface area (Å²) in [5.74, 6) is 0. The Bertz CT molecular complexity index is 369. The zero-order chi connectivity index (χ0) is 11.1. The quantitative estimate of drug-likeness (QED) is 0.783. The smallest absolute Gasteiger partial charge is 0.130 e. The number of aliphatic hydroxyl groups is 1. The zero-order valence-corrected chi connectivity index (χ0v) is 9.80. The third-order valence-corrected chi connectivity index (χ3v) is 3.47. The first-order valence-electron chi connectivity index (χ1n) is 5.13. The number of nitrogens with one attached hydrogen (secondary N) is 1. The topological polar surface area (TPSA) is 50.1 Å². The van der Waals surface area contributed by atoms with Crippen molar-refractivity contribution >= 4 is 11.6 Å². The molecule has 1 aliphatic rings. The van der Waals surface area contributed by atoms with Crippen molar-refractivity contribution < 1.29 is 5.11 Å². The summed E-state index contributed by atoms with van der Waals surface area (Å²) in [6, 6.07) is 0. The average Bonchev–Trinajstić information content (AvgIpc) is 2.68. The van der Waals surface area contributed by atoms with Gasteiger partial charge in [-0.1, -0.05) is 11.6 Å². The normalized spacial score (nSPS) is 26.1. The van der Waals surface area contributed by atoms with E-state index < -0.39 is 5.60 Å². The summed E-state index contributed by atoms with van der Waals surface area (Å²) in [7, 11) is 1.82. The van der Waals surface area contributed by atoms with Crippen LogP contribution < -0.4 is 5.32 Å². The molecule has 4 nitrogen and oxygen atoms in total. The molecule has 1 saturated heterocycles. The second kappa shape index (κ2) is 3.77. The van der Waals surface area contributed by atoms with Crippen LogP contribution in [0.25, 0.3) is 0 Å². The molecular formula is C10H16ClN3O. The number of β-amino-alcohol motifs (C(OH)–C–C–N with tert-alkyl or cyclic N) is 1. The Morgan fingerprint density at radius 1 is 1.67 bits per heavy atom. The second-order valence-electron chi connectivity index (χ2n) is 4.31. The van der Waals surface area contributed by atoms with E-state index >= 15 is 0 Å². The van der Waals surface area contributed by atoms with Gasteiger partial charge in [-0.2, -0.15) is 5.10 Å². The van der Waals surface area contributed by atoms with Crippen LogP contribution in [0, 0.1) is 6.92 Å². The Morgan fingerprint density at radius 3 is 2.87 bits per heavy atom. The van der Waals surface area contributed by atoms with Crippen molar-refractivity contribution in [3.63, 3.8) is 0 Å². The van der Waals surface area contributed by atoms with Crippen LogP contribution in [0.3, 0.4) is 0 Å². The molecule has 2 N–H and O–H groups in total. The number of rotatable bonds is 2. The molecule has 0 bridgehead atoms. The summed E-state index contributed by atoms with van der Waals surface area (Å²) in [6.07, 6.45) is 1.36. The van der Waals surface area contributed by atoms with Gasteiger partial charge in [-0.25, -0.2) is 0 Å². The van der Waals surface area contributed by atoms with E-state index in [4.69, 9.17) is 11.6 Å². The molecule has 5 heteroatoms. The van der Waals surface area contributed by atoms with Crippen LogP contribution in [-0.4, -0.2) is 33.6 Å². The molecule has 1 aliphatic heterocycles. The van der Waals surface area contributed by atoms with Gasteiger partial charge in [0.05, 0.1) is 11.3 Å². The lowest BCUT2D eigenvalue weighted by atomic mass is 9.94. The first-order chi connectivity index (χ1) is 7.02. The van der Waals surface area contributed by atoms with Crippen molar-refractivity contribution in [3.8, 4) is 0 Å². The summed E-state index contributed by atoms with van der Waals surface area (Å²) in [5.41, 5.74) is 1.21. The Balaban J connectivity index is 2.23. The zero-order valence-electron chi connectivity index (χ0n) is 9.05. The first kappa shape index (κ1) is 10.9. The molecule has 84 valence electrons. The highest BCUT2D eigenvalue weighted by atomic mass is 35.5. The summed E-state index contributed by atoms with van der Waals surface area (Å²) in [5, 5.41) is 18.3. The number of hydrogen-bond acceptors (Lipinski definition) is 3. The summed E-state index contributed by atoms with van der Waals surface area (Å²) < 4.78 is 1.65. The van der Waals surface area contributed by atoms with Gasteiger partial charge in [0.25, 0.3) is 0 Å². The van der Waals surface area contributed by atoms with Gasteiger partial charge in [0.1, 0.15) is 5.15 Å². The minimum atomic E-state index is -0.655. The maximum absolute atomic E-state index is 10.2. The van der Waals surface area contributed by atoms with E-state index in [-0.39, 0.29) is 0 Å². The van der Waals surface area contributed by atoms with Crippen molar-refractivity contribution in [2.24, 2.45) is 7.05 Å². The number of hydrogen-bond donors (Lipinski definition) is 2. The molecule has 15 heavy (non-hydrogen) atoms. The molecule has 0 saturated carbocycles. The average molecular weight is 230 g/mol. The Morgan fingerprint density at radius 2 is 2.40 bits per heavy atom. The van der Waals surface area contributed by atoms with Gasteiger partial charge < -0.3 is 10.4 Å². The molecule has 0 amide bonds. The summed E-state index contributed by atoms with van der Waals surface area (Å²) in [6.45, 7) is 3.43. The maximum atomic E-state index is 10.2. The molecule has 0 aromatic carbocycles. The SMILES string of the molecule is Cc1nn(C)c(Cl)c1CC1(O)CCNC1. The van der Waals surface area contributed by atoms with E-state index in [1.165, 1.54) is 0 Å².